The molecule has 0 atom stereocenters. The van der Waals surface area contributed by atoms with Gasteiger partial charge in [-0.25, -0.2) is 4.98 Å². The summed E-state index contributed by atoms with van der Waals surface area (Å²) in [5.41, 5.74) is 9.04. The number of hydrogen-bond donors (Lipinski definition) is 1. The highest BCUT2D eigenvalue weighted by atomic mass is 35.5. The Morgan fingerprint density at radius 3 is 2.48 bits per heavy atom. The molecule has 0 bridgehead atoms. The summed E-state index contributed by atoms with van der Waals surface area (Å²) < 4.78 is 5.46. The average Bonchev–Trinajstić information content (AvgIpc) is 3.26. The molecule has 2 N–H and O–H groups in total. The van der Waals surface area contributed by atoms with Crippen LogP contribution in [0.15, 0.2) is 59.1 Å². The van der Waals surface area contributed by atoms with Gasteiger partial charge in [-0.3, -0.25) is 4.79 Å². The zero-order chi connectivity index (χ0) is 19.0. The number of amides is 1. The Morgan fingerprint density at radius 1 is 1.07 bits per heavy atom. The molecule has 0 aliphatic heterocycles. The first-order chi connectivity index (χ1) is 13.1. The molecule has 134 valence electrons. The van der Waals surface area contributed by atoms with E-state index < -0.39 is 5.91 Å². The Balaban J connectivity index is 1.99. The van der Waals surface area contributed by atoms with Crippen molar-refractivity contribution in [2.24, 2.45) is 5.73 Å². The normalized spacial score (nSPS) is 10.9. The monoisotopic (exact) mass is 395 g/mol. The summed E-state index contributed by atoms with van der Waals surface area (Å²) >= 11 is 7.61. The van der Waals surface area contributed by atoms with E-state index >= 15 is 0 Å². The van der Waals surface area contributed by atoms with Crippen molar-refractivity contribution in [1.29, 1.82) is 0 Å². The maximum Gasteiger partial charge on any atom is 0.277 e. The highest BCUT2D eigenvalue weighted by Crippen LogP contribution is 2.43. The van der Waals surface area contributed by atoms with Crippen LogP contribution in [0.2, 0.25) is 5.02 Å². The summed E-state index contributed by atoms with van der Waals surface area (Å²) in [6, 6.07) is 17.1. The predicted molar refractivity (Wildman–Crippen MR) is 107 cm³/mol. The van der Waals surface area contributed by atoms with Crippen LogP contribution in [0, 0.1) is 6.92 Å². The first-order valence-electron chi connectivity index (χ1n) is 8.14. The van der Waals surface area contributed by atoms with E-state index in [-0.39, 0.29) is 5.01 Å². The standard InChI is InChI=1S/C20H14ClN3O2S/c1-11-15(16(24-26-11)13-9-5-6-10-14(13)21)17-18(12-7-3-2-4-8-12)27-20(23-17)19(22)25/h2-10H,1H3,(H2,22,25). The minimum absolute atomic E-state index is 0.231. The smallest absolute Gasteiger partial charge is 0.277 e. The fraction of sp³-hybridized carbons (Fsp3) is 0.0500. The van der Waals surface area contributed by atoms with Crippen LogP contribution in [0.4, 0.5) is 0 Å². The molecular weight excluding hydrogens is 382 g/mol. The summed E-state index contributed by atoms with van der Waals surface area (Å²) in [4.78, 5) is 17.1. The number of nitrogens with two attached hydrogens (primary N) is 1. The number of rotatable bonds is 4. The fourth-order valence-electron chi connectivity index (χ4n) is 2.87. The van der Waals surface area contributed by atoms with E-state index in [0.29, 0.717) is 27.7 Å². The third kappa shape index (κ3) is 3.13. The van der Waals surface area contributed by atoms with Crippen molar-refractivity contribution in [3.8, 4) is 33.0 Å². The Kier molecular flexibility index (Phi) is 4.51. The summed E-state index contributed by atoms with van der Waals surface area (Å²) in [7, 11) is 0. The second kappa shape index (κ2) is 6.98. The highest BCUT2D eigenvalue weighted by Gasteiger charge is 2.26. The topological polar surface area (TPSA) is 82.0 Å². The van der Waals surface area contributed by atoms with Gasteiger partial charge in [0.2, 0.25) is 0 Å². The lowest BCUT2D eigenvalue weighted by molar-refractivity contribution is 0.1000. The zero-order valence-corrected chi connectivity index (χ0v) is 15.8. The maximum absolute atomic E-state index is 11.8. The summed E-state index contributed by atoms with van der Waals surface area (Å²) in [6.45, 7) is 1.81. The minimum Gasteiger partial charge on any atom is -0.364 e. The van der Waals surface area contributed by atoms with Crippen LogP contribution < -0.4 is 5.73 Å². The van der Waals surface area contributed by atoms with Gasteiger partial charge in [0.05, 0.1) is 21.2 Å². The summed E-state index contributed by atoms with van der Waals surface area (Å²) in [5, 5.41) is 4.99. The van der Waals surface area contributed by atoms with Crippen LogP contribution in [-0.4, -0.2) is 16.0 Å². The van der Waals surface area contributed by atoms with Gasteiger partial charge in [-0.2, -0.15) is 0 Å². The van der Waals surface area contributed by atoms with Crippen molar-refractivity contribution in [1.82, 2.24) is 10.1 Å². The lowest BCUT2D eigenvalue weighted by Crippen LogP contribution is -2.10. The average molecular weight is 396 g/mol. The minimum atomic E-state index is -0.572. The van der Waals surface area contributed by atoms with E-state index in [1.165, 1.54) is 11.3 Å². The van der Waals surface area contributed by atoms with Crippen molar-refractivity contribution in [2.75, 3.05) is 0 Å². The third-order valence-corrected chi connectivity index (χ3v) is 5.55. The van der Waals surface area contributed by atoms with Crippen molar-refractivity contribution in [3.05, 3.63) is 70.4 Å². The number of primary amides is 1. The molecule has 2 aromatic heterocycles. The van der Waals surface area contributed by atoms with Crippen LogP contribution >= 0.6 is 22.9 Å². The van der Waals surface area contributed by atoms with Crippen molar-refractivity contribution >= 4 is 28.8 Å². The molecule has 0 fully saturated rings. The molecular formula is C20H14ClN3O2S. The molecule has 0 saturated carbocycles. The Bertz CT molecular complexity index is 1140. The molecule has 7 heteroatoms. The molecule has 4 aromatic rings. The van der Waals surface area contributed by atoms with E-state index in [2.05, 4.69) is 10.1 Å². The van der Waals surface area contributed by atoms with Crippen molar-refractivity contribution in [2.45, 2.75) is 6.92 Å². The lowest BCUT2D eigenvalue weighted by atomic mass is 10.0. The van der Waals surface area contributed by atoms with E-state index in [1.807, 2.05) is 48.5 Å². The fourth-order valence-corrected chi connectivity index (χ4v) is 4.02. The zero-order valence-electron chi connectivity index (χ0n) is 14.3. The van der Waals surface area contributed by atoms with Crippen LogP contribution in [0.1, 0.15) is 15.6 Å². The van der Waals surface area contributed by atoms with Crippen molar-refractivity contribution in [3.63, 3.8) is 0 Å². The number of aromatic nitrogens is 2. The van der Waals surface area contributed by atoms with Crippen LogP contribution in [0.25, 0.3) is 33.0 Å². The quantitative estimate of drug-likeness (QED) is 0.515. The second-order valence-electron chi connectivity index (χ2n) is 5.87. The number of carbonyl (C=O) groups is 1. The summed E-state index contributed by atoms with van der Waals surface area (Å²) in [6.07, 6.45) is 0. The van der Waals surface area contributed by atoms with Gasteiger partial charge >= 0.3 is 0 Å². The second-order valence-corrected chi connectivity index (χ2v) is 7.28. The first-order valence-corrected chi connectivity index (χ1v) is 9.33. The van der Waals surface area contributed by atoms with E-state index in [4.69, 9.17) is 21.9 Å². The van der Waals surface area contributed by atoms with Crippen LogP contribution in [-0.2, 0) is 0 Å². The lowest BCUT2D eigenvalue weighted by Gasteiger charge is -2.05. The molecule has 27 heavy (non-hydrogen) atoms. The van der Waals surface area contributed by atoms with Gasteiger partial charge < -0.3 is 10.3 Å². The molecule has 0 unspecified atom stereocenters. The van der Waals surface area contributed by atoms with Gasteiger partial charge in [0.15, 0.2) is 5.01 Å². The molecule has 2 heterocycles. The molecule has 4 rings (SSSR count). The third-order valence-electron chi connectivity index (χ3n) is 4.10. The van der Waals surface area contributed by atoms with Gasteiger partial charge in [-0.15, -0.1) is 11.3 Å². The molecule has 2 aromatic carbocycles. The van der Waals surface area contributed by atoms with Crippen LogP contribution in [0.5, 0.6) is 0 Å². The molecule has 0 saturated heterocycles. The maximum atomic E-state index is 11.8. The van der Waals surface area contributed by atoms with Crippen molar-refractivity contribution < 1.29 is 9.32 Å². The van der Waals surface area contributed by atoms with Gasteiger partial charge in [0, 0.05) is 5.56 Å². The molecule has 0 spiro atoms. The first kappa shape index (κ1) is 17.5. The number of aryl methyl sites for hydroxylation is 1. The predicted octanol–water partition coefficient (Wildman–Crippen LogP) is 5.19. The Morgan fingerprint density at radius 2 is 1.78 bits per heavy atom. The molecule has 1 amide bonds. The van der Waals surface area contributed by atoms with E-state index in [0.717, 1.165) is 16.0 Å². The highest BCUT2D eigenvalue weighted by molar-refractivity contribution is 7.17. The van der Waals surface area contributed by atoms with E-state index in [9.17, 15) is 4.79 Å². The number of benzene rings is 2. The number of thiazole rings is 1. The molecule has 5 nitrogen and oxygen atoms in total. The Labute approximate surface area is 164 Å². The summed E-state index contributed by atoms with van der Waals surface area (Å²) in [5.74, 6) is 0.0141. The number of halogens is 1. The largest absolute Gasteiger partial charge is 0.364 e. The SMILES string of the molecule is Cc1onc(-c2ccccc2Cl)c1-c1nc(C(N)=O)sc1-c1ccccc1. The molecule has 0 aliphatic rings. The van der Waals surface area contributed by atoms with Gasteiger partial charge in [-0.05, 0) is 18.6 Å². The van der Waals surface area contributed by atoms with Gasteiger partial charge in [0.1, 0.15) is 11.5 Å². The molecule has 0 aliphatic carbocycles. The van der Waals surface area contributed by atoms with Gasteiger partial charge in [-0.1, -0.05) is 65.3 Å². The van der Waals surface area contributed by atoms with Crippen LogP contribution in [0.3, 0.4) is 0 Å². The van der Waals surface area contributed by atoms with E-state index in [1.54, 1.807) is 13.0 Å². The number of nitrogens with zero attached hydrogens (tertiary/aromatic N) is 2. The number of hydrogen-bond acceptors (Lipinski definition) is 5. The molecule has 0 radical (unpaired) electrons. The number of carbonyl (C=O) groups excluding carboxylic acids is 1. The van der Waals surface area contributed by atoms with Gasteiger partial charge in [0.25, 0.3) is 5.91 Å². The Hall–Kier alpha value is -2.96.